The fourth-order valence-corrected chi connectivity index (χ4v) is 5.72. The van der Waals surface area contributed by atoms with Crippen LogP contribution in [0, 0.1) is 0 Å². The lowest BCUT2D eigenvalue weighted by Crippen LogP contribution is -2.18. The van der Waals surface area contributed by atoms with Crippen molar-refractivity contribution in [1.82, 2.24) is 10.2 Å². The molecule has 2 aromatic heterocycles. The lowest BCUT2D eigenvalue weighted by Gasteiger charge is -2.17. The number of aromatic nitrogens is 2. The van der Waals surface area contributed by atoms with E-state index in [2.05, 4.69) is 70.1 Å². The normalized spacial score (nSPS) is 13.6. The first-order valence-corrected chi connectivity index (χ1v) is 11.1. The molecular weight excluding hydrogens is 398 g/mol. The first-order chi connectivity index (χ1) is 14.2. The molecule has 0 aliphatic carbocycles. The summed E-state index contributed by atoms with van der Waals surface area (Å²) in [7, 11) is 0. The molecule has 2 N–H and O–H groups in total. The van der Waals surface area contributed by atoms with Crippen molar-refractivity contribution in [3.8, 4) is 21.6 Å². The Bertz CT molecular complexity index is 1380. The molecule has 1 amide bonds. The monoisotopic (exact) mass is 413 g/mol. The molecule has 6 rings (SSSR count). The number of fused-ring (bicyclic) bond motifs is 3. The molecule has 0 spiro atoms. The van der Waals surface area contributed by atoms with E-state index in [1.165, 1.54) is 15.0 Å². The topological polar surface area (TPSA) is 57.8 Å². The van der Waals surface area contributed by atoms with E-state index in [-0.39, 0.29) is 5.91 Å². The fourth-order valence-electron chi connectivity index (χ4n) is 3.79. The van der Waals surface area contributed by atoms with Crippen LogP contribution in [0.3, 0.4) is 0 Å². The summed E-state index contributed by atoms with van der Waals surface area (Å²) in [5.74, 6) is 0.520. The molecule has 4 nitrogen and oxygen atoms in total. The highest BCUT2D eigenvalue weighted by Crippen LogP contribution is 2.40. The molecule has 140 valence electrons. The number of aromatic amines is 1. The predicted molar refractivity (Wildman–Crippen MR) is 122 cm³/mol. The smallest absolute Gasteiger partial charge is 0.234 e. The molecule has 0 radical (unpaired) electrons. The van der Waals surface area contributed by atoms with Crippen LogP contribution in [0.4, 0.5) is 5.69 Å². The van der Waals surface area contributed by atoms with E-state index in [1.54, 1.807) is 23.1 Å². The molecule has 0 saturated carbocycles. The van der Waals surface area contributed by atoms with Crippen molar-refractivity contribution in [2.45, 2.75) is 4.90 Å². The van der Waals surface area contributed by atoms with E-state index in [0.29, 0.717) is 5.75 Å². The molecule has 1 aliphatic rings. The molecule has 0 saturated heterocycles. The van der Waals surface area contributed by atoms with Gasteiger partial charge >= 0.3 is 0 Å². The third-order valence-electron chi connectivity index (χ3n) is 5.19. The summed E-state index contributed by atoms with van der Waals surface area (Å²) in [6.07, 6.45) is 1.88. The molecular formula is C23H15N3OS2. The number of thiophene rings is 1. The number of rotatable bonds is 2. The Kier molecular flexibility index (Phi) is 3.76. The van der Waals surface area contributed by atoms with E-state index in [4.69, 9.17) is 0 Å². The van der Waals surface area contributed by atoms with Gasteiger partial charge in [-0.05, 0) is 52.9 Å². The molecule has 1 aliphatic heterocycles. The van der Waals surface area contributed by atoms with Crippen LogP contribution in [0.2, 0.25) is 0 Å². The molecule has 3 aromatic carbocycles. The van der Waals surface area contributed by atoms with Gasteiger partial charge in [0.15, 0.2) is 0 Å². The zero-order chi connectivity index (χ0) is 19.4. The van der Waals surface area contributed by atoms with Gasteiger partial charge in [-0.25, -0.2) is 0 Å². The minimum absolute atomic E-state index is 0.0575. The molecule has 6 heteroatoms. The zero-order valence-corrected chi connectivity index (χ0v) is 16.9. The number of hydrogen-bond donors (Lipinski definition) is 2. The van der Waals surface area contributed by atoms with Crippen LogP contribution in [0.25, 0.3) is 42.6 Å². The molecule has 0 unspecified atom stereocenters. The summed E-state index contributed by atoms with van der Waals surface area (Å²) >= 11 is 3.38. The second-order valence-electron chi connectivity index (χ2n) is 7.05. The summed E-state index contributed by atoms with van der Waals surface area (Å²) in [5, 5.41) is 12.7. The lowest BCUT2D eigenvalue weighted by molar-refractivity contribution is -0.113. The second-order valence-corrected chi connectivity index (χ2v) is 9.16. The van der Waals surface area contributed by atoms with Crippen LogP contribution < -0.4 is 5.32 Å². The van der Waals surface area contributed by atoms with Crippen molar-refractivity contribution in [2.24, 2.45) is 0 Å². The minimum atomic E-state index is 0.0575. The Balaban J connectivity index is 1.53. The van der Waals surface area contributed by atoms with Gasteiger partial charge in [-0.3, -0.25) is 9.89 Å². The molecule has 5 aromatic rings. The van der Waals surface area contributed by atoms with Crippen molar-refractivity contribution in [3.05, 3.63) is 66.9 Å². The predicted octanol–water partition coefficient (Wildman–Crippen LogP) is 6.16. The van der Waals surface area contributed by atoms with Crippen LogP contribution in [0.5, 0.6) is 0 Å². The number of H-pyrrole nitrogens is 1. The highest BCUT2D eigenvalue weighted by Gasteiger charge is 2.17. The standard InChI is InChI=1S/C23H15N3OS2/c27-22-12-28-21-9-13(5-6-18(21)25-22)15-7-16-11-24-26-23(16)17(8-15)20-10-14-3-1-2-4-19(14)29-20/h1-11H,12H2,(H,24,26)(H,25,27). The van der Waals surface area contributed by atoms with Crippen molar-refractivity contribution >= 4 is 55.7 Å². The van der Waals surface area contributed by atoms with Gasteiger partial charge in [0.1, 0.15) is 0 Å². The molecule has 0 bridgehead atoms. The number of benzene rings is 3. The number of anilines is 1. The maximum Gasteiger partial charge on any atom is 0.234 e. The summed E-state index contributed by atoms with van der Waals surface area (Å²) in [5.41, 5.74) is 5.39. The maximum atomic E-state index is 11.6. The third kappa shape index (κ3) is 2.84. The summed E-state index contributed by atoms with van der Waals surface area (Å²) in [6, 6.07) is 21.3. The maximum absolute atomic E-state index is 11.6. The van der Waals surface area contributed by atoms with Crippen molar-refractivity contribution in [1.29, 1.82) is 0 Å². The number of amides is 1. The number of nitrogens with one attached hydrogen (secondary N) is 2. The Labute approximate surface area is 175 Å². The number of thioether (sulfide) groups is 1. The van der Waals surface area contributed by atoms with E-state index in [0.717, 1.165) is 38.2 Å². The first-order valence-electron chi connectivity index (χ1n) is 9.28. The Morgan fingerprint density at radius 1 is 0.931 bits per heavy atom. The first kappa shape index (κ1) is 16.8. The van der Waals surface area contributed by atoms with Gasteiger partial charge in [0.2, 0.25) is 5.91 Å². The van der Waals surface area contributed by atoms with Crippen molar-refractivity contribution in [2.75, 3.05) is 11.1 Å². The summed E-state index contributed by atoms with van der Waals surface area (Å²) < 4.78 is 1.28. The van der Waals surface area contributed by atoms with Crippen LogP contribution in [0.1, 0.15) is 0 Å². The zero-order valence-electron chi connectivity index (χ0n) is 15.2. The molecule has 3 heterocycles. The number of carbonyl (C=O) groups excluding carboxylic acids is 1. The minimum Gasteiger partial charge on any atom is -0.324 e. The molecule has 0 fully saturated rings. The van der Waals surface area contributed by atoms with Gasteiger partial charge in [-0.15, -0.1) is 23.1 Å². The largest absolute Gasteiger partial charge is 0.324 e. The molecule has 29 heavy (non-hydrogen) atoms. The van der Waals surface area contributed by atoms with Crippen LogP contribution >= 0.6 is 23.1 Å². The lowest BCUT2D eigenvalue weighted by atomic mass is 9.99. The van der Waals surface area contributed by atoms with Gasteiger partial charge in [0, 0.05) is 25.4 Å². The van der Waals surface area contributed by atoms with E-state index in [1.807, 2.05) is 12.3 Å². The van der Waals surface area contributed by atoms with Crippen LogP contribution in [0.15, 0.2) is 71.8 Å². The van der Waals surface area contributed by atoms with Gasteiger partial charge in [-0.2, -0.15) is 5.10 Å². The second kappa shape index (κ2) is 6.47. The molecule has 0 atom stereocenters. The fraction of sp³-hybridized carbons (Fsp3) is 0.0435. The van der Waals surface area contributed by atoms with Crippen molar-refractivity contribution in [3.63, 3.8) is 0 Å². The Hall–Kier alpha value is -3.09. The highest BCUT2D eigenvalue weighted by molar-refractivity contribution is 8.00. The SMILES string of the molecule is O=C1CSc2cc(-c3cc(-c4cc5ccccc5s4)c4[nH]ncc4c3)ccc2N1. The van der Waals surface area contributed by atoms with Gasteiger partial charge < -0.3 is 5.32 Å². The third-order valence-corrected chi connectivity index (χ3v) is 7.39. The van der Waals surface area contributed by atoms with Crippen LogP contribution in [-0.4, -0.2) is 21.9 Å². The van der Waals surface area contributed by atoms with Gasteiger partial charge in [0.05, 0.1) is 23.2 Å². The van der Waals surface area contributed by atoms with Crippen molar-refractivity contribution < 1.29 is 4.79 Å². The summed E-state index contributed by atoms with van der Waals surface area (Å²) in [6.45, 7) is 0. The number of nitrogens with zero attached hydrogens (tertiary/aromatic N) is 1. The van der Waals surface area contributed by atoms with E-state index < -0.39 is 0 Å². The average molecular weight is 414 g/mol. The quantitative estimate of drug-likeness (QED) is 0.365. The van der Waals surface area contributed by atoms with E-state index >= 15 is 0 Å². The average Bonchev–Trinajstić information content (AvgIpc) is 3.39. The Morgan fingerprint density at radius 3 is 2.79 bits per heavy atom. The van der Waals surface area contributed by atoms with Crippen LogP contribution in [-0.2, 0) is 4.79 Å². The number of hydrogen-bond acceptors (Lipinski definition) is 4. The Morgan fingerprint density at radius 2 is 1.86 bits per heavy atom. The van der Waals surface area contributed by atoms with E-state index in [9.17, 15) is 4.79 Å². The number of carbonyl (C=O) groups is 1. The van der Waals surface area contributed by atoms with Gasteiger partial charge in [-0.1, -0.05) is 24.3 Å². The highest BCUT2D eigenvalue weighted by atomic mass is 32.2. The van der Waals surface area contributed by atoms with Gasteiger partial charge in [0.25, 0.3) is 0 Å². The summed E-state index contributed by atoms with van der Waals surface area (Å²) in [4.78, 5) is 14.0.